The average molecular weight is 379 g/mol. The lowest BCUT2D eigenvalue weighted by atomic mass is 10.0. The van der Waals surface area contributed by atoms with E-state index < -0.39 is 0 Å². The molecule has 0 aliphatic carbocycles. The van der Waals surface area contributed by atoms with Crippen LogP contribution in [0.4, 0.5) is 10.1 Å². The zero-order valence-corrected chi connectivity index (χ0v) is 15.9. The van der Waals surface area contributed by atoms with Gasteiger partial charge in [-0.25, -0.2) is 4.39 Å². The van der Waals surface area contributed by atoms with Crippen LogP contribution in [0, 0.1) is 5.82 Å². The van der Waals surface area contributed by atoms with Crippen molar-refractivity contribution in [3.05, 3.63) is 78.1 Å². The van der Waals surface area contributed by atoms with Gasteiger partial charge in [0.1, 0.15) is 17.3 Å². The number of hydrogen-bond acceptors (Lipinski definition) is 3. The van der Waals surface area contributed by atoms with Crippen LogP contribution in [0.3, 0.4) is 0 Å². The molecule has 3 aromatic rings. The number of ether oxygens (including phenoxy) is 2. The van der Waals surface area contributed by atoms with Crippen LogP contribution < -0.4 is 14.8 Å². The number of halogens is 1. The summed E-state index contributed by atoms with van der Waals surface area (Å²) in [6.45, 7) is 0. The second-order valence-corrected chi connectivity index (χ2v) is 6.28. The Morgan fingerprint density at radius 1 is 0.964 bits per heavy atom. The van der Waals surface area contributed by atoms with Gasteiger partial charge in [0.15, 0.2) is 0 Å². The smallest absolute Gasteiger partial charge is 0.224 e. The van der Waals surface area contributed by atoms with Gasteiger partial charge in [0, 0.05) is 17.7 Å². The number of aryl methyl sites for hydroxylation is 1. The minimum absolute atomic E-state index is 0.172. The van der Waals surface area contributed by atoms with Crippen molar-refractivity contribution in [2.24, 2.45) is 0 Å². The van der Waals surface area contributed by atoms with E-state index >= 15 is 0 Å². The van der Waals surface area contributed by atoms with Gasteiger partial charge < -0.3 is 14.8 Å². The molecule has 0 aliphatic heterocycles. The number of hydrogen-bond donors (Lipinski definition) is 1. The molecule has 0 heterocycles. The molecule has 0 saturated heterocycles. The highest BCUT2D eigenvalue weighted by molar-refractivity contribution is 5.92. The van der Waals surface area contributed by atoms with Gasteiger partial charge in [-0.3, -0.25) is 4.79 Å². The molecular weight excluding hydrogens is 357 g/mol. The van der Waals surface area contributed by atoms with Crippen molar-refractivity contribution >= 4 is 11.6 Å². The van der Waals surface area contributed by atoms with Gasteiger partial charge in [0.05, 0.1) is 14.2 Å². The van der Waals surface area contributed by atoms with Crippen LogP contribution in [0.15, 0.2) is 66.7 Å². The maximum Gasteiger partial charge on any atom is 0.224 e. The van der Waals surface area contributed by atoms with Crippen molar-refractivity contribution in [2.75, 3.05) is 19.5 Å². The maximum atomic E-state index is 13.7. The van der Waals surface area contributed by atoms with E-state index in [0.29, 0.717) is 23.4 Å². The summed E-state index contributed by atoms with van der Waals surface area (Å²) in [6.07, 6.45) is 0.546. The van der Waals surface area contributed by atoms with E-state index in [-0.39, 0.29) is 18.1 Å². The predicted molar refractivity (Wildman–Crippen MR) is 108 cm³/mol. The van der Waals surface area contributed by atoms with Crippen molar-refractivity contribution in [3.63, 3.8) is 0 Å². The fraction of sp³-hybridized carbons (Fsp3) is 0.174. The Hall–Kier alpha value is -3.34. The maximum absolute atomic E-state index is 13.7. The van der Waals surface area contributed by atoms with Crippen LogP contribution >= 0.6 is 0 Å². The number of carbonyl (C=O) groups is 1. The number of benzene rings is 3. The number of anilines is 1. The van der Waals surface area contributed by atoms with Gasteiger partial charge in [-0.2, -0.15) is 0 Å². The van der Waals surface area contributed by atoms with Gasteiger partial charge >= 0.3 is 0 Å². The van der Waals surface area contributed by atoms with Crippen LogP contribution in [-0.4, -0.2) is 20.1 Å². The fourth-order valence-corrected chi connectivity index (χ4v) is 2.95. The summed E-state index contributed by atoms with van der Waals surface area (Å²) >= 11 is 0. The summed E-state index contributed by atoms with van der Waals surface area (Å²) < 4.78 is 24.3. The highest BCUT2D eigenvalue weighted by Gasteiger charge is 2.10. The van der Waals surface area contributed by atoms with E-state index in [1.807, 2.05) is 36.4 Å². The molecule has 0 radical (unpaired) electrons. The number of rotatable bonds is 7. The van der Waals surface area contributed by atoms with E-state index in [1.165, 1.54) is 6.07 Å². The minimum Gasteiger partial charge on any atom is -0.497 e. The molecule has 3 rings (SSSR count). The van der Waals surface area contributed by atoms with E-state index in [1.54, 1.807) is 38.5 Å². The molecular formula is C23H22FNO3. The summed E-state index contributed by atoms with van der Waals surface area (Å²) in [5.74, 6) is 1.01. The standard InChI is InChI=1S/C23H22FNO3/c1-27-19-11-7-16(8-12-19)20-15-18(10-13-22(20)28-2)25-23(26)14-9-17-5-3-4-6-21(17)24/h3-8,10-13,15H,9,14H2,1-2H3,(H,25,26). The molecule has 0 spiro atoms. The summed E-state index contributed by atoms with van der Waals surface area (Å²) in [4.78, 5) is 12.3. The highest BCUT2D eigenvalue weighted by atomic mass is 19.1. The summed E-state index contributed by atoms with van der Waals surface area (Å²) in [7, 11) is 3.22. The van der Waals surface area contributed by atoms with Crippen molar-refractivity contribution < 1.29 is 18.7 Å². The highest BCUT2D eigenvalue weighted by Crippen LogP contribution is 2.33. The quantitative estimate of drug-likeness (QED) is 0.623. The molecule has 0 aliphatic rings. The molecule has 144 valence electrons. The van der Waals surface area contributed by atoms with Crippen LogP contribution in [0.5, 0.6) is 11.5 Å². The molecule has 0 bridgehead atoms. The second-order valence-electron chi connectivity index (χ2n) is 6.28. The first-order valence-corrected chi connectivity index (χ1v) is 8.96. The normalized spacial score (nSPS) is 10.4. The first-order chi connectivity index (χ1) is 13.6. The van der Waals surface area contributed by atoms with Crippen LogP contribution in [0.1, 0.15) is 12.0 Å². The lowest BCUT2D eigenvalue weighted by Gasteiger charge is -2.12. The summed E-state index contributed by atoms with van der Waals surface area (Å²) in [6, 6.07) is 19.6. The van der Waals surface area contributed by atoms with Gasteiger partial charge in [-0.1, -0.05) is 30.3 Å². The summed E-state index contributed by atoms with van der Waals surface area (Å²) in [5.41, 5.74) is 2.99. The van der Waals surface area contributed by atoms with Crippen molar-refractivity contribution in [1.82, 2.24) is 0 Å². The van der Waals surface area contributed by atoms with E-state index in [4.69, 9.17) is 9.47 Å². The third kappa shape index (κ3) is 4.68. The van der Waals surface area contributed by atoms with Crippen LogP contribution in [0.25, 0.3) is 11.1 Å². The van der Waals surface area contributed by atoms with E-state index in [2.05, 4.69) is 5.32 Å². The van der Waals surface area contributed by atoms with E-state index in [0.717, 1.165) is 16.9 Å². The largest absolute Gasteiger partial charge is 0.497 e. The van der Waals surface area contributed by atoms with Crippen LogP contribution in [-0.2, 0) is 11.2 Å². The Kier molecular flexibility index (Phi) is 6.27. The van der Waals surface area contributed by atoms with E-state index in [9.17, 15) is 9.18 Å². The molecule has 4 nitrogen and oxygen atoms in total. The fourth-order valence-electron chi connectivity index (χ4n) is 2.95. The first-order valence-electron chi connectivity index (χ1n) is 8.96. The predicted octanol–water partition coefficient (Wildman–Crippen LogP) is 5.08. The third-order valence-electron chi connectivity index (χ3n) is 4.46. The Morgan fingerprint density at radius 2 is 1.71 bits per heavy atom. The molecule has 0 fully saturated rings. The van der Waals surface area contributed by atoms with Crippen molar-refractivity contribution in [2.45, 2.75) is 12.8 Å². The van der Waals surface area contributed by atoms with Crippen LogP contribution in [0.2, 0.25) is 0 Å². The molecule has 5 heteroatoms. The molecule has 0 atom stereocenters. The molecule has 3 aromatic carbocycles. The summed E-state index contributed by atoms with van der Waals surface area (Å²) in [5, 5.41) is 2.87. The molecule has 0 aromatic heterocycles. The molecule has 1 amide bonds. The van der Waals surface area contributed by atoms with Crippen molar-refractivity contribution in [1.29, 1.82) is 0 Å². The van der Waals surface area contributed by atoms with Gasteiger partial charge in [0.25, 0.3) is 0 Å². The second kappa shape index (κ2) is 9.04. The van der Waals surface area contributed by atoms with Gasteiger partial charge in [-0.05, 0) is 53.9 Å². The molecule has 0 unspecified atom stereocenters. The van der Waals surface area contributed by atoms with Gasteiger partial charge in [0.2, 0.25) is 5.91 Å². The Balaban J connectivity index is 1.73. The molecule has 0 saturated carbocycles. The lowest BCUT2D eigenvalue weighted by molar-refractivity contribution is -0.116. The Labute approximate surface area is 163 Å². The first kappa shape index (κ1) is 19.4. The van der Waals surface area contributed by atoms with Crippen molar-refractivity contribution in [3.8, 4) is 22.6 Å². The van der Waals surface area contributed by atoms with Gasteiger partial charge in [-0.15, -0.1) is 0 Å². The number of amides is 1. The minimum atomic E-state index is -0.290. The lowest BCUT2D eigenvalue weighted by Crippen LogP contribution is -2.12. The zero-order valence-electron chi connectivity index (χ0n) is 15.9. The molecule has 1 N–H and O–H groups in total. The number of methoxy groups -OCH3 is 2. The Morgan fingerprint density at radius 3 is 2.39 bits per heavy atom. The number of nitrogens with one attached hydrogen (secondary N) is 1. The SMILES string of the molecule is COc1ccc(-c2cc(NC(=O)CCc3ccccc3F)ccc2OC)cc1. The Bertz CT molecular complexity index is 954. The topological polar surface area (TPSA) is 47.6 Å². The molecule has 28 heavy (non-hydrogen) atoms. The number of carbonyl (C=O) groups excluding carboxylic acids is 1. The third-order valence-corrected chi connectivity index (χ3v) is 4.46. The average Bonchev–Trinajstić information content (AvgIpc) is 2.73. The monoisotopic (exact) mass is 379 g/mol. The zero-order chi connectivity index (χ0) is 19.9.